The second kappa shape index (κ2) is 8.97. The van der Waals surface area contributed by atoms with Crippen molar-refractivity contribution in [3.05, 3.63) is 59.2 Å². The maximum atomic E-state index is 14.3. The molecule has 0 atom stereocenters. The Morgan fingerprint density at radius 2 is 1.64 bits per heavy atom. The summed E-state index contributed by atoms with van der Waals surface area (Å²) in [6.07, 6.45) is 1.30. The Morgan fingerprint density at radius 3 is 2.14 bits per heavy atom. The van der Waals surface area contributed by atoms with Crippen LogP contribution in [0.1, 0.15) is 26.3 Å². The number of sulfone groups is 1. The summed E-state index contributed by atoms with van der Waals surface area (Å²) in [6.45, 7) is 4.84. The minimum Gasteiger partial charge on any atom is -0.463 e. The van der Waals surface area contributed by atoms with Crippen molar-refractivity contribution in [2.45, 2.75) is 25.7 Å². The fourth-order valence-electron chi connectivity index (χ4n) is 2.31. The number of ether oxygens (including phenoxy) is 2. The number of rotatable bonds is 7. The molecule has 0 aliphatic carbocycles. The average molecular weight is 410 g/mol. The topological polar surface area (TPSA) is 69.7 Å². The second-order valence-electron chi connectivity index (χ2n) is 5.84. The van der Waals surface area contributed by atoms with Gasteiger partial charge in [-0.05, 0) is 61.9 Å². The average Bonchev–Trinajstić information content (AvgIpc) is 2.65. The smallest absolute Gasteiger partial charge is 0.333 e. The van der Waals surface area contributed by atoms with Crippen molar-refractivity contribution in [1.82, 2.24) is 0 Å². The van der Waals surface area contributed by atoms with Crippen LogP contribution in [0.5, 0.6) is 11.5 Å². The highest BCUT2D eigenvalue weighted by Gasteiger charge is 2.16. The van der Waals surface area contributed by atoms with E-state index >= 15 is 0 Å². The third-order valence-electron chi connectivity index (χ3n) is 3.78. The molecule has 28 heavy (non-hydrogen) atoms. The van der Waals surface area contributed by atoms with Gasteiger partial charge >= 0.3 is 5.97 Å². The van der Waals surface area contributed by atoms with E-state index in [1.54, 1.807) is 6.92 Å². The quantitative estimate of drug-likeness (QED) is 0.496. The fourth-order valence-corrected chi connectivity index (χ4v) is 3.20. The van der Waals surface area contributed by atoms with E-state index in [0.29, 0.717) is 0 Å². The number of carbonyl (C=O) groups excluding carboxylic acids is 1. The first-order valence-corrected chi connectivity index (χ1v) is 10.2. The number of esters is 1. The lowest BCUT2D eigenvalue weighted by Gasteiger charge is -2.10. The molecule has 150 valence electrons. The zero-order valence-electron chi connectivity index (χ0n) is 15.7. The molecule has 8 heteroatoms. The van der Waals surface area contributed by atoms with Crippen LogP contribution >= 0.6 is 0 Å². The standard InChI is InChI=1S/C20H20F2O5S/c1-4-26-20(23)13(3)10-14-11-17(21)19(18(22)12-14)27-15-6-8-16(9-7-15)28(24,25)5-2/h6-12H,4-5H2,1-3H3/b13-10+. The summed E-state index contributed by atoms with van der Waals surface area (Å²) in [7, 11) is -3.38. The molecule has 2 aromatic carbocycles. The van der Waals surface area contributed by atoms with Crippen molar-refractivity contribution >= 4 is 21.9 Å². The van der Waals surface area contributed by atoms with Gasteiger partial charge in [-0.15, -0.1) is 0 Å². The summed E-state index contributed by atoms with van der Waals surface area (Å²) in [6, 6.07) is 7.31. The maximum Gasteiger partial charge on any atom is 0.333 e. The Morgan fingerprint density at radius 1 is 1.07 bits per heavy atom. The molecule has 0 fully saturated rings. The Balaban J connectivity index is 2.26. The van der Waals surface area contributed by atoms with Gasteiger partial charge in [-0.2, -0.15) is 0 Å². The first-order chi connectivity index (χ1) is 13.2. The van der Waals surface area contributed by atoms with E-state index in [1.165, 1.54) is 44.2 Å². The Bertz CT molecular complexity index is 973. The van der Waals surface area contributed by atoms with Gasteiger partial charge in [0.15, 0.2) is 27.2 Å². The third-order valence-corrected chi connectivity index (χ3v) is 5.53. The van der Waals surface area contributed by atoms with Crippen LogP contribution in [0, 0.1) is 11.6 Å². The molecule has 0 aromatic heterocycles. The number of halogens is 2. The largest absolute Gasteiger partial charge is 0.463 e. The van der Waals surface area contributed by atoms with Gasteiger partial charge in [-0.1, -0.05) is 6.92 Å². The first kappa shape index (κ1) is 21.6. The summed E-state index contributed by atoms with van der Waals surface area (Å²) < 4.78 is 62.3. The molecule has 0 spiro atoms. The van der Waals surface area contributed by atoms with Crippen LogP contribution < -0.4 is 4.74 Å². The minimum atomic E-state index is -3.38. The zero-order chi connectivity index (χ0) is 20.9. The van der Waals surface area contributed by atoms with Gasteiger partial charge in [0.1, 0.15) is 5.75 Å². The highest BCUT2D eigenvalue weighted by molar-refractivity contribution is 7.91. The van der Waals surface area contributed by atoms with Gasteiger partial charge in [0.25, 0.3) is 0 Å². The summed E-state index contributed by atoms with van der Waals surface area (Å²) >= 11 is 0. The molecule has 0 bridgehead atoms. The fraction of sp³-hybridized carbons (Fsp3) is 0.250. The Labute approximate surface area is 162 Å². The van der Waals surface area contributed by atoms with Crippen LogP contribution in [0.15, 0.2) is 46.9 Å². The number of hydrogen-bond acceptors (Lipinski definition) is 5. The second-order valence-corrected chi connectivity index (χ2v) is 8.12. The van der Waals surface area contributed by atoms with E-state index in [2.05, 4.69) is 0 Å². The van der Waals surface area contributed by atoms with E-state index in [0.717, 1.165) is 12.1 Å². The highest BCUT2D eigenvalue weighted by atomic mass is 32.2. The SMILES string of the molecule is CCOC(=O)/C(C)=C/c1cc(F)c(Oc2ccc(S(=O)(=O)CC)cc2)c(F)c1. The molecule has 5 nitrogen and oxygen atoms in total. The molecule has 0 amide bonds. The summed E-state index contributed by atoms with van der Waals surface area (Å²) in [5.41, 5.74) is 0.333. The van der Waals surface area contributed by atoms with Crippen molar-refractivity contribution in [2.75, 3.05) is 12.4 Å². The number of benzene rings is 2. The van der Waals surface area contributed by atoms with Crippen LogP contribution in [0.4, 0.5) is 8.78 Å². The molecule has 0 unspecified atom stereocenters. The lowest BCUT2D eigenvalue weighted by molar-refractivity contribution is -0.138. The van der Waals surface area contributed by atoms with Crippen LogP contribution in [0.3, 0.4) is 0 Å². The summed E-state index contributed by atoms with van der Waals surface area (Å²) in [4.78, 5) is 11.7. The minimum absolute atomic E-state index is 0.0589. The normalized spacial score (nSPS) is 12.0. The first-order valence-electron chi connectivity index (χ1n) is 8.53. The van der Waals surface area contributed by atoms with Gasteiger partial charge in [-0.25, -0.2) is 22.0 Å². The molecule has 2 rings (SSSR count). The summed E-state index contributed by atoms with van der Waals surface area (Å²) in [5.74, 6) is -3.11. The molecule has 0 aliphatic heterocycles. The molecule has 0 heterocycles. The van der Waals surface area contributed by atoms with E-state index < -0.39 is 33.2 Å². The van der Waals surface area contributed by atoms with Gasteiger partial charge < -0.3 is 9.47 Å². The van der Waals surface area contributed by atoms with Crippen LogP contribution in [0.25, 0.3) is 6.08 Å². The number of hydrogen-bond donors (Lipinski definition) is 0. The van der Waals surface area contributed by atoms with E-state index in [-0.39, 0.29) is 34.1 Å². The molecule has 0 N–H and O–H groups in total. The van der Waals surface area contributed by atoms with Crippen molar-refractivity contribution in [1.29, 1.82) is 0 Å². The molecular weight excluding hydrogens is 390 g/mol. The van der Waals surface area contributed by atoms with Crippen molar-refractivity contribution in [3.63, 3.8) is 0 Å². The molecule has 2 aromatic rings. The van der Waals surface area contributed by atoms with Crippen molar-refractivity contribution < 1.29 is 31.5 Å². The van der Waals surface area contributed by atoms with E-state index in [4.69, 9.17) is 9.47 Å². The predicted octanol–water partition coefficient (Wildman–Crippen LogP) is 4.52. The van der Waals surface area contributed by atoms with Crippen LogP contribution in [-0.2, 0) is 19.4 Å². The molecule has 0 radical (unpaired) electrons. The van der Waals surface area contributed by atoms with E-state index in [9.17, 15) is 22.0 Å². The van der Waals surface area contributed by atoms with E-state index in [1.807, 2.05) is 0 Å². The summed E-state index contributed by atoms with van der Waals surface area (Å²) in [5, 5.41) is 0. The molecule has 0 saturated heterocycles. The van der Waals surface area contributed by atoms with Gasteiger partial charge in [0, 0.05) is 5.57 Å². The lowest BCUT2D eigenvalue weighted by Crippen LogP contribution is -2.05. The van der Waals surface area contributed by atoms with Crippen molar-refractivity contribution in [2.24, 2.45) is 0 Å². The van der Waals surface area contributed by atoms with Crippen LogP contribution in [-0.4, -0.2) is 26.7 Å². The predicted molar refractivity (Wildman–Crippen MR) is 101 cm³/mol. The molecular formula is C20H20F2O5S. The Kier molecular flexibility index (Phi) is 6.90. The third kappa shape index (κ3) is 5.16. The van der Waals surface area contributed by atoms with Crippen LogP contribution in [0.2, 0.25) is 0 Å². The number of carbonyl (C=O) groups is 1. The lowest BCUT2D eigenvalue weighted by atomic mass is 10.1. The molecule has 0 aliphatic rings. The maximum absolute atomic E-state index is 14.3. The van der Waals surface area contributed by atoms with Gasteiger partial charge in [-0.3, -0.25) is 0 Å². The monoisotopic (exact) mass is 410 g/mol. The Hall–Kier alpha value is -2.74. The van der Waals surface area contributed by atoms with Gasteiger partial charge in [0.05, 0.1) is 17.3 Å². The highest BCUT2D eigenvalue weighted by Crippen LogP contribution is 2.30. The molecule has 0 saturated carbocycles. The van der Waals surface area contributed by atoms with Gasteiger partial charge in [0.2, 0.25) is 0 Å². The zero-order valence-corrected chi connectivity index (χ0v) is 16.5. The van der Waals surface area contributed by atoms with Crippen molar-refractivity contribution in [3.8, 4) is 11.5 Å².